The maximum absolute atomic E-state index is 5.76. The summed E-state index contributed by atoms with van der Waals surface area (Å²) < 4.78 is 10.9. The topological polar surface area (TPSA) is 76.2 Å². The predicted octanol–water partition coefficient (Wildman–Crippen LogP) is 1.29. The number of aromatic nitrogens is 4. The average molecular weight is 309 g/mol. The Bertz CT molecular complexity index is 585. The van der Waals surface area contributed by atoms with Gasteiger partial charge in [0, 0.05) is 32.1 Å². The Kier molecular flexibility index (Phi) is 4.59. The van der Waals surface area contributed by atoms with Gasteiger partial charge in [-0.15, -0.1) is 11.3 Å². The number of hydrogen-bond donors (Lipinski definition) is 1. The number of nitrogens with one attached hydrogen (secondary N) is 1. The molecule has 0 amide bonds. The van der Waals surface area contributed by atoms with E-state index < -0.39 is 0 Å². The molecule has 1 N–H and O–H groups in total. The van der Waals surface area contributed by atoms with E-state index in [1.54, 1.807) is 18.4 Å². The van der Waals surface area contributed by atoms with Crippen LogP contribution in [-0.2, 0) is 22.6 Å². The molecule has 3 rings (SSSR count). The van der Waals surface area contributed by atoms with Gasteiger partial charge in [-0.05, 0) is 6.92 Å². The molecule has 1 saturated heterocycles. The van der Waals surface area contributed by atoms with Crippen LogP contribution >= 0.6 is 11.3 Å². The largest absolute Gasteiger partial charge is 0.378 e. The van der Waals surface area contributed by atoms with Crippen LogP contribution in [0.1, 0.15) is 28.5 Å². The van der Waals surface area contributed by atoms with Crippen molar-refractivity contribution in [2.24, 2.45) is 0 Å². The summed E-state index contributed by atoms with van der Waals surface area (Å²) in [5.41, 5.74) is 1.08. The van der Waals surface area contributed by atoms with Crippen molar-refractivity contribution in [1.29, 1.82) is 0 Å². The Hall–Kier alpha value is -1.35. The van der Waals surface area contributed by atoms with Gasteiger partial charge in [0.1, 0.15) is 16.9 Å². The number of nitrogens with zero attached hydrogens (tertiary/aromatic N) is 4. The Morgan fingerprint density at radius 1 is 1.52 bits per heavy atom. The first-order valence-electron chi connectivity index (χ1n) is 6.89. The molecule has 0 aliphatic carbocycles. The number of hydrogen-bond acceptors (Lipinski definition) is 7. The van der Waals surface area contributed by atoms with Gasteiger partial charge in [0.15, 0.2) is 5.82 Å². The zero-order valence-electron chi connectivity index (χ0n) is 12.2. The van der Waals surface area contributed by atoms with Crippen LogP contribution < -0.4 is 0 Å². The second kappa shape index (κ2) is 6.61. The summed E-state index contributed by atoms with van der Waals surface area (Å²) >= 11 is 1.64. The molecule has 3 heterocycles. The van der Waals surface area contributed by atoms with Crippen LogP contribution in [0, 0.1) is 6.92 Å². The van der Waals surface area contributed by atoms with Gasteiger partial charge in [0.05, 0.1) is 18.9 Å². The molecule has 21 heavy (non-hydrogen) atoms. The van der Waals surface area contributed by atoms with Crippen molar-refractivity contribution in [2.45, 2.75) is 26.2 Å². The molecule has 0 spiro atoms. The molecule has 0 bridgehead atoms. The minimum atomic E-state index is -0.0687. The third-order valence-electron chi connectivity index (χ3n) is 3.31. The number of methoxy groups -OCH3 is 1. The number of thiazole rings is 1. The highest BCUT2D eigenvalue weighted by atomic mass is 32.1. The van der Waals surface area contributed by atoms with Crippen molar-refractivity contribution in [3.8, 4) is 0 Å². The molecule has 1 unspecified atom stereocenters. The summed E-state index contributed by atoms with van der Waals surface area (Å²) in [7, 11) is 1.69. The number of aromatic amines is 1. The van der Waals surface area contributed by atoms with Crippen molar-refractivity contribution in [1.82, 2.24) is 25.1 Å². The third-order valence-corrected chi connectivity index (χ3v) is 4.18. The summed E-state index contributed by atoms with van der Waals surface area (Å²) in [4.78, 5) is 11.3. The van der Waals surface area contributed by atoms with Crippen LogP contribution in [0.4, 0.5) is 0 Å². The third kappa shape index (κ3) is 3.65. The lowest BCUT2D eigenvalue weighted by Gasteiger charge is -2.30. The molecule has 1 fully saturated rings. The SMILES string of the molecule is COCc1nc(CN2CCOC(c3n[nH]c(C)n3)C2)cs1. The lowest BCUT2D eigenvalue weighted by Crippen LogP contribution is -2.38. The predicted molar refractivity (Wildman–Crippen MR) is 77.9 cm³/mol. The Labute approximate surface area is 127 Å². The van der Waals surface area contributed by atoms with Gasteiger partial charge in [-0.1, -0.05) is 0 Å². The fourth-order valence-electron chi connectivity index (χ4n) is 2.35. The van der Waals surface area contributed by atoms with E-state index in [4.69, 9.17) is 9.47 Å². The summed E-state index contributed by atoms with van der Waals surface area (Å²) in [6.45, 7) is 5.67. The molecule has 2 aromatic rings. The molecule has 1 atom stereocenters. The van der Waals surface area contributed by atoms with Crippen LogP contribution in [0.15, 0.2) is 5.38 Å². The molecular weight excluding hydrogens is 290 g/mol. The van der Waals surface area contributed by atoms with Crippen LogP contribution in [0.25, 0.3) is 0 Å². The highest BCUT2D eigenvalue weighted by Gasteiger charge is 2.25. The molecule has 0 aromatic carbocycles. The first-order chi connectivity index (χ1) is 10.2. The minimum Gasteiger partial charge on any atom is -0.378 e. The van der Waals surface area contributed by atoms with Crippen molar-refractivity contribution < 1.29 is 9.47 Å². The maximum Gasteiger partial charge on any atom is 0.180 e. The van der Waals surface area contributed by atoms with Gasteiger partial charge in [0.2, 0.25) is 0 Å². The first kappa shape index (κ1) is 14.6. The summed E-state index contributed by atoms with van der Waals surface area (Å²) in [5, 5.41) is 10.2. The van der Waals surface area contributed by atoms with E-state index in [1.165, 1.54) is 0 Å². The fourth-order valence-corrected chi connectivity index (χ4v) is 3.10. The van der Waals surface area contributed by atoms with Crippen molar-refractivity contribution >= 4 is 11.3 Å². The Morgan fingerprint density at radius 3 is 3.19 bits per heavy atom. The smallest absolute Gasteiger partial charge is 0.180 e. The fraction of sp³-hybridized carbons (Fsp3) is 0.615. The van der Waals surface area contributed by atoms with E-state index in [9.17, 15) is 0 Å². The summed E-state index contributed by atoms with van der Waals surface area (Å²) in [6, 6.07) is 0. The Balaban J connectivity index is 1.60. The molecule has 1 aliphatic heterocycles. The number of ether oxygens (including phenoxy) is 2. The first-order valence-corrected chi connectivity index (χ1v) is 7.77. The monoisotopic (exact) mass is 309 g/mol. The van der Waals surface area contributed by atoms with Gasteiger partial charge in [0.25, 0.3) is 0 Å². The lowest BCUT2D eigenvalue weighted by atomic mass is 10.2. The zero-order valence-corrected chi connectivity index (χ0v) is 13.0. The van der Waals surface area contributed by atoms with E-state index in [0.717, 1.165) is 42.0 Å². The van der Waals surface area contributed by atoms with Crippen LogP contribution in [-0.4, -0.2) is 51.9 Å². The van der Waals surface area contributed by atoms with Crippen molar-refractivity contribution in [2.75, 3.05) is 26.8 Å². The van der Waals surface area contributed by atoms with E-state index in [0.29, 0.717) is 13.2 Å². The summed E-state index contributed by atoms with van der Waals surface area (Å²) in [5.74, 6) is 1.55. The van der Waals surface area contributed by atoms with Gasteiger partial charge in [-0.2, -0.15) is 5.10 Å². The van der Waals surface area contributed by atoms with Gasteiger partial charge in [-0.25, -0.2) is 9.97 Å². The maximum atomic E-state index is 5.76. The van der Waals surface area contributed by atoms with E-state index in [2.05, 4.69) is 30.4 Å². The average Bonchev–Trinajstić information content (AvgIpc) is 3.09. The highest BCUT2D eigenvalue weighted by molar-refractivity contribution is 7.09. The second-order valence-corrected chi connectivity index (χ2v) is 5.98. The van der Waals surface area contributed by atoms with Crippen molar-refractivity contribution in [3.63, 3.8) is 0 Å². The van der Waals surface area contributed by atoms with E-state index in [1.807, 2.05) is 6.92 Å². The zero-order chi connectivity index (χ0) is 14.7. The Morgan fingerprint density at radius 2 is 2.43 bits per heavy atom. The van der Waals surface area contributed by atoms with Gasteiger partial charge in [-0.3, -0.25) is 10.00 Å². The minimum absolute atomic E-state index is 0.0687. The van der Waals surface area contributed by atoms with Crippen LogP contribution in [0.5, 0.6) is 0 Å². The number of rotatable bonds is 5. The molecule has 114 valence electrons. The number of H-pyrrole nitrogens is 1. The standard InChI is InChI=1S/C13H19N5O2S/c1-9-14-13(17-16-9)11-6-18(3-4-20-11)5-10-8-21-12(15-10)7-19-2/h8,11H,3-7H2,1-2H3,(H,14,16,17). The molecule has 0 saturated carbocycles. The summed E-state index contributed by atoms with van der Waals surface area (Å²) in [6.07, 6.45) is -0.0687. The van der Waals surface area contributed by atoms with E-state index in [-0.39, 0.29) is 6.10 Å². The molecule has 8 heteroatoms. The van der Waals surface area contributed by atoms with Crippen LogP contribution in [0.2, 0.25) is 0 Å². The quantitative estimate of drug-likeness (QED) is 0.897. The van der Waals surface area contributed by atoms with E-state index >= 15 is 0 Å². The number of aryl methyl sites for hydroxylation is 1. The number of morpholine rings is 1. The van der Waals surface area contributed by atoms with Gasteiger partial charge >= 0.3 is 0 Å². The van der Waals surface area contributed by atoms with Crippen LogP contribution in [0.3, 0.4) is 0 Å². The molecule has 2 aromatic heterocycles. The lowest BCUT2D eigenvalue weighted by molar-refractivity contribution is -0.0374. The molecule has 1 aliphatic rings. The normalized spacial score (nSPS) is 20.0. The van der Waals surface area contributed by atoms with Crippen molar-refractivity contribution in [3.05, 3.63) is 27.7 Å². The highest BCUT2D eigenvalue weighted by Crippen LogP contribution is 2.21. The second-order valence-electron chi connectivity index (χ2n) is 5.04. The molecule has 7 nitrogen and oxygen atoms in total. The van der Waals surface area contributed by atoms with Gasteiger partial charge < -0.3 is 9.47 Å². The molecule has 0 radical (unpaired) electrons. The molecular formula is C13H19N5O2S.